The average Bonchev–Trinajstić information content (AvgIpc) is 2.36. The molecular weight excluding hydrogens is 221 g/mol. The molecule has 1 aromatic carbocycles. The summed E-state index contributed by atoms with van der Waals surface area (Å²) in [6, 6.07) is 4.28. The first-order valence-corrected chi connectivity index (χ1v) is 5.52. The Morgan fingerprint density at radius 1 is 1.41 bits per heavy atom. The van der Waals surface area contributed by atoms with Crippen LogP contribution in [0.2, 0.25) is 0 Å². The Balaban J connectivity index is 2.42. The second-order valence-corrected chi connectivity index (χ2v) is 3.82. The number of aliphatic hydroxyl groups is 1. The monoisotopic (exact) mass is 235 g/mol. The lowest BCUT2D eigenvalue weighted by Crippen LogP contribution is -2.23. The number of nitrogens with one attached hydrogen (secondary N) is 1. The summed E-state index contributed by atoms with van der Waals surface area (Å²) in [5.74, 6) is 0.225. The summed E-state index contributed by atoms with van der Waals surface area (Å²) in [7, 11) is 0. The number of halogens is 1. The predicted molar refractivity (Wildman–Crippen MR) is 64.3 cm³/mol. The van der Waals surface area contributed by atoms with E-state index >= 15 is 0 Å². The van der Waals surface area contributed by atoms with E-state index in [9.17, 15) is 4.39 Å². The third kappa shape index (κ3) is 2.50. The molecule has 1 unspecified atom stereocenters. The van der Waals surface area contributed by atoms with Gasteiger partial charge in [0.15, 0.2) is 0 Å². The molecule has 0 saturated carbocycles. The van der Waals surface area contributed by atoms with E-state index in [-0.39, 0.29) is 18.5 Å². The van der Waals surface area contributed by atoms with Crippen molar-refractivity contribution in [2.24, 2.45) is 0 Å². The number of anilines is 1. The SMILES string of the molecule is CCC(CO)Nc1ncnc2ccc(F)cc12. The van der Waals surface area contributed by atoms with Crippen LogP contribution in [-0.2, 0) is 0 Å². The molecule has 0 saturated heterocycles. The molecule has 90 valence electrons. The molecule has 0 amide bonds. The molecule has 2 rings (SSSR count). The Kier molecular flexibility index (Phi) is 3.49. The summed E-state index contributed by atoms with van der Waals surface area (Å²) in [5.41, 5.74) is 0.677. The zero-order valence-electron chi connectivity index (χ0n) is 9.52. The van der Waals surface area contributed by atoms with E-state index in [0.29, 0.717) is 16.7 Å². The van der Waals surface area contributed by atoms with Gasteiger partial charge in [0.05, 0.1) is 18.2 Å². The van der Waals surface area contributed by atoms with Crippen LogP contribution in [0.1, 0.15) is 13.3 Å². The van der Waals surface area contributed by atoms with E-state index in [2.05, 4.69) is 15.3 Å². The van der Waals surface area contributed by atoms with Gasteiger partial charge < -0.3 is 10.4 Å². The summed E-state index contributed by atoms with van der Waals surface area (Å²) < 4.78 is 13.2. The Morgan fingerprint density at radius 2 is 2.24 bits per heavy atom. The fourth-order valence-corrected chi connectivity index (χ4v) is 1.61. The minimum atomic E-state index is -0.326. The first-order chi connectivity index (χ1) is 8.24. The van der Waals surface area contributed by atoms with Crippen molar-refractivity contribution >= 4 is 16.7 Å². The van der Waals surface area contributed by atoms with E-state index in [1.807, 2.05) is 6.92 Å². The molecule has 1 heterocycles. The lowest BCUT2D eigenvalue weighted by atomic mass is 10.2. The summed E-state index contributed by atoms with van der Waals surface area (Å²) >= 11 is 0. The van der Waals surface area contributed by atoms with Crippen LogP contribution >= 0.6 is 0 Å². The molecule has 2 aromatic rings. The standard InChI is InChI=1S/C12H14FN3O/c1-2-9(6-17)16-12-10-5-8(13)3-4-11(10)14-7-15-12/h3-5,7,9,17H,2,6H2,1H3,(H,14,15,16). The van der Waals surface area contributed by atoms with E-state index < -0.39 is 0 Å². The van der Waals surface area contributed by atoms with Gasteiger partial charge in [0, 0.05) is 5.39 Å². The van der Waals surface area contributed by atoms with Crippen molar-refractivity contribution in [3.05, 3.63) is 30.3 Å². The summed E-state index contributed by atoms with van der Waals surface area (Å²) in [5, 5.41) is 12.8. The molecule has 4 nitrogen and oxygen atoms in total. The molecule has 0 aliphatic heterocycles. The summed E-state index contributed by atoms with van der Waals surface area (Å²) in [4.78, 5) is 8.15. The second-order valence-electron chi connectivity index (χ2n) is 3.82. The zero-order chi connectivity index (χ0) is 12.3. The van der Waals surface area contributed by atoms with E-state index in [0.717, 1.165) is 6.42 Å². The van der Waals surface area contributed by atoms with E-state index in [4.69, 9.17) is 5.11 Å². The van der Waals surface area contributed by atoms with Gasteiger partial charge in [-0.2, -0.15) is 0 Å². The van der Waals surface area contributed by atoms with Crippen molar-refractivity contribution in [3.63, 3.8) is 0 Å². The van der Waals surface area contributed by atoms with E-state index in [1.165, 1.54) is 18.5 Å². The number of benzene rings is 1. The third-order valence-electron chi connectivity index (χ3n) is 2.65. The largest absolute Gasteiger partial charge is 0.394 e. The van der Waals surface area contributed by atoms with Gasteiger partial charge in [-0.25, -0.2) is 14.4 Å². The molecule has 0 radical (unpaired) electrons. The number of hydrogen-bond donors (Lipinski definition) is 2. The van der Waals surface area contributed by atoms with Crippen LogP contribution in [0.5, 0.6) is 0 Å². The van der Waals surface area contributed by atoms with Crippen LogP contribution in [0.4, 0.5) is 10.2 Å². The zero-order valence-corrected chi connectivity index (χ0v) is 9.52. The smallest absolute Gasteiger partial charge is 0.137 e. The molecule has 17 heavy (non-hydrogen) atoms. The van der Waals surface area contributed by atoms with Crippen LogP contribution in [-0.4, -0.2) is 27.7 Å². The molecule has 0 aliphatic rings. The van der Waals surface area contributed by atoms with Crippen molar-refractivity contribution in [3.8, 4) is 0 Å². The third-order valence-corrected chi connectivity index (χ3v) is 2.65. The topological polar surface area (TPSA) is 58.0 Å². The predicted octanol–water partition coefficient (Wildman–Crippen LogP) is 1.95. The highest BCUT2D eigenvalue weighted by atomic mass is 19.1. The molecule has 0 aliphatic carbocycles. The highest BCUT2D eigenvalue weighted by molar-refractivity contribution is 5.88. The maximum Gasteiger partial charge on any atom is 0.137 e. The Hall–Kier alpha value is -1.75. The summed E-state index contributed by atoms with van der Waals surface area (Å²) in [6.45, 7) is 1.97. The average molecular weight is 235 g/mol. The number of fused-ring (bicyclic) bond motifs is 1. The highest BCUT2D eigenvalue weighted by Gasteiger charge is 2.09. The second kappa shape index (κ2) is 5.05. The minimum Gasteiger partial charge on any atom is -0.394 e. The van der Waals surface area contributed by atoms with Gasteiger partial charge in [0.25, 0.3) is 0 Å². The minimum absolute atomic E-state index is 0.0112. The Morgan fingerprint density at radius 3 is 2.94 bits per heavy atom. The number of aliphatic hydroxyl groups excluding tert-OH is 1. The first kappa shape index (κ1) is 11.7. The van der Waals surface area contributed by atoms with Gasteiger partial charge in [-0.15, -0.1) is 0 Å². The fraction of sp³-hybridized carbons (Fsp3) is 0.333. The molecule has 1 aromatic heterocycles. The van der Waals surface area contributed by atoms with Crippen LogP contribution in [0.15, 0.2) is 24.5 Å². The lowest BCUT2D eigenvalue weighted by Gasteiger charge is -2.15. The Labute approximate surface area is 98.5 Å². The van der Waals surface area contributed by atoms with Gasteiger partial charge in [-0.1, -0.05) is 6.92 Å². The van der Waals surface area contributed by atoms with Gasteiger partial charge in [-0.05, 0) is 24.6 Å². The first-order valence-electron chi connectivity index (χ1n) is 5.52. The summed E-state index contributed by atoms with van der Waals surface area (Å²) in [6.07, 6.45) is 2.18. The molecule has 5 heteroatoms. The van der Waals surface area contributed by atoms with Crippen molar-refractivity contribution in [2.45, 2.75) is 19.4 Å². The van der Waals surface area contributed by atoms with Crippen molar-refractivity contribution in [2.75, 3.05) is 11.9 Å². The van der Waals surface area contributed by atoms with Gasteiger partial charge in [-0.3, -0.25) is 0 Å². The highest BCUT2D eigenvalue weighted by Crippen LogP contribution is 2.20. The van der Waals surface area contributed by atoms with Gasteiger partial charge >= 0.3 is 0 Å². The quantitative estimate of drug-likeness (QED) is 0.850. The molecule has 2 N–H and O–H groups in total. The molecule has 0 bridgehead atoms. The maximum absolute atomic E-state index is 13.2. The molecule has 0 spiro atoms. The lowest BCUT2D eigenvalue weighted by molar-refractivity contribution is 0.271. The molecule has 1 atom stereocenters. The van der Waals surface area contributed by atoms with Crippen LogP contribution in [0, 0.1) is 5.82 Å². The fourth-order valence-electron chi connectivity index (χ4n) is 1.61. The maximum atomic E-state index is 13.2. The number of hydrogen-bond acceptors (Lipinski definition) is 4. The number of rotatable bonds is 4. The normalized spacial score (nSPS) is 12.6. The number of aromatic nitrogens is 2. The van der Waals surface area contributed by atoms with Gasteiger partial charge in [0.1, 0.15) is 18.0 Å². The van der Waals surface area contributed by atoms with Crippen LogP contribution in [0.3, 0.4) is 0 Å². The van der Waals surface area contributed by atoms with Crippen molar-refractivity contribution in [1.82, 2.24) is 9.97 Å². The number of nitrogens with zero attached hydrogens (tertiary/aromatic N) is 2. The van der Waals surface area contributed by atoms with Crippen molar-refractivity contribution < 1.29 is 9.50 Å². The van der Waals surface area contributed by atoms with Crippen LogP contribution in [0.25, 0.3) is 10.9 Å². The molecular formula is C12H14FN3O. The van der Waals surface area contributed by atoms with Gasteiger partial charge in [0.2, 0.25) is 0 Å². The Bertz CT molecular complexity index is 514. The molecule has 0 fully saturated rings. The van der Waals surface area contributed by atoms with Crippen molar-refractivity contribution in [1.29, 1.82) is 0 Å². The van der Waals surface area contributed by atoms with Crippen LogP contribution < -0.4 is 5.32 Å². The van der Waals surface area contributed by atoms with E-state index in [1.54, 1.807) is 6.07 Å².